The minimum absolute atomic E-state index is 0.166. The number of rotatable bonds is 5. The summed E-state index contributed by atoms with van der Waals surface area (Å²) in [5.74, 6) is 0.394. The van der Waals surface area contributed by atoms with Crippen molar-refractivity contribution in [3.63, 3.8) is 0 Å². The first-order chi connectivity index (χ1) is 13.6. The van der Waals surface area contributed by atoms with Gasteiger partial charge in [0.1, 0.15) is 5.75 Å². The van der Waals surface area contributed by atoms with E-state index in [1.807, 2.05) is 17.0 Å². The molecule has 1 aromatic carbocycles. The topological polar surface area (TPSA) is 73.2 Å². The molecular formula is C22H32N2O4. The molecule has 6 nitrogen and oxygen atoms in total. The number of phenolic OH excluding ortho intramolecular Hbond substituents is 1. The number of likely N-dealkylation sites (tertiary alicyclic amines) is 2. The van der Waals surface area contributed by atoms with Crippen LogP contribution in [0.4, 0.5) is 0 Å². The maximum Gasteiger partial charge on any atom is 0.226 e. The van der Waals surface area contributed by atoms with Crippen LogP contribution in [0.3, 0.4) is 0 Å². The zero-order valence-electron chi connectivity index (χ0n) is 16.6. The van der Waals surface area contributed by atoms with Crippen molar-refractivity contribution >= 4 is 5.91 Å². The number of benzene rings is 1. The van der Waals surface area contributed by atoms with E-state index >= 15 is 0 Å². The number of nitrogens with zero attached hydrogens (tertiary/aromatic N) is 2. The van der Waals surface area contributed by atoms with Crippen molar-refractivity contribution in [2.24, 2.45) is 5.41 Å². The van der Waals surface area contributed by atoms with Gasteiger partial charge in [-0.15, -0.1) is 0 Å². The van der Waals surface area contributed by atoms with Gasteiger partial charge in [0.15, 0.2) is 0 Å². The van der Waals surface area contributed by atoms with Crippen molar-refractivity contribution in [2.45, 2.75) is 50.7 Å². The molecule has 2 atom stereocenters. The lowest BCUT2D eigenvalue weighted by atomic mass is 9.76. The van der Waals surface area contributed by atoms with Crippen LogP contribution in [0.5, 0.6) is 5.75 Å². The number of amides is 1. The van der Waals surface area contributed by atoms with Gasteiger partial charge in [-0.3, -0.25) is 9.69 Å². The average Bonchev–Trinajstić information content (AvgIpc) is 3.31. The molecule has 1 amide bonds. The molecule has 1 spiro atoms. The van der Waals surface area contributed by atoms with Gasteiger partial charge < -0.3 is 19.8 Å². The van der Waals surface area contributed by atoms with E-state index in [2.05, 4.69) is 4.90 Å². The molecule has 3 fully saturated rings. The van der Waals surface area contributed by atoms with Gasteiger partial charge in [-0.05, 0) is 61.8 Å². The maximum atomic E-state index is 12.6. The molecule has 6 heteroatoms. The summed E-state index contributed by atoms with van der Waals surface area (Å²) >= 11 is 0. The van der Waals surface area contributed by atoms with Crippen LogP contribution in [0.1, 0.15) is 37.7 Å². The van der Waals surface area contributed by atoms with E-state index in [4.69, 9.17) is 4.74 Å². The van der Waals surface area contributed by atoms with Gasteiger partial charge in [0, 0.05) is 25.7 Å². The van der Waals surface area contributed by atoms with Gasteiger partial charge in [0.05, 0.1) is 25.7 Å². The molecule has 0 aromatic heterocycles. The Morgan fingerprint density at radius 1 is 1.18 bits per heavy atom. The summed E-state index contributed by atoms with van der Waals surface area (Å²) in [6.07, 6.45) is 5.99. The second-order valence-corrected chi connectivity index (χ2v) is 8.83. The Labute approximate surface area is 167 Å². The van der Waals surface area contributed by atoms with E-state index in [1.165, 1.54) is 6.42 Å². The maximum absolute atomic E-state index is 12.6. The van der Waals surface area contributed by atoms with Crippen molar-refractivity contribution in [3.8, 4) is 5.75 Å². The van der Waals surface area contributed by atoms with E-state index in [-0.39, 0.29) is 29.8 Å². The smallest absolute Gasteiger partial charge is 0.226 e. The lowest BCUT2D eigenvalue weighted by Gasteiger charge is -2.38. The van der Waals surface area contributed by atoms with Gasteiger partial charge in [-0.2, -0.15) is 0 Å². The van der Waals surface area contributed by atoms with Crippen LogP contribution in [0.2, 0.25) is 0 Å². The minimum atomic E-state index is 0.166. The molecule has 3 saturated heterocycles. The summed E-state index contributed by atoms with van der Waals surface area (Å²) in [4.78, 5) is 17.0. The molecule has 2 N–H and O–H groups in total. The molecule has 3 heterocycles. The summed E-state index contributed by atoms with van der Waals surface area (Å²) in [6, 6.07) is 7.19. The SMILES string of the molecule is O=C(Cc1ccc(O)cc1)N1CCC2(CC1)CO[C@@H](CN1CCC[C@H]1CO)C2. The van der Waals surface area contributed by atoms with E-state index in [1.54, 1.807) is 12.1 Å². The predicted molar refractivity (Wildman–Crippen MR) is 106 cm³/mol. The van der Waals surface area contributed by atoms with Crippen molar-refractivity contribution < 1.29 is 19.7 Å². The fraction of sp³-hybridized carbons (Fsp3) is 0.682. The van der Waals surface area contributed by atoms with Crippen LogP contribution in [-0.4, -0.2) is 77.5 Å². The highest BCUT2D eigenvalue weighted by Crippen LogP contribution is 2.42. The Kier molecular flexibility index (Phi) is 5.90. The molecule has 0 bridgehead atoms. The summed E-state index contributed by atoms with van der Waals surface area (Å²) in [6.45, 7) is 4.64. The zero-order chi connectivity index (χ0) is 19.6. The van der Waals surface area contributed by atoms with Crippen LogP contribution >= 0.6 is 0 Å². The lowest BCUT2D eigenvalue weighted by molar-refractivity contribution is -0.132. The first-order valence-electron chi connectivity index (χ1n) is 10.6. The summed E-state index contributed by atoms with van der Waals surface area (Å²) in [7, 11) is 0. The molecule has 4 rings (SSSR count). The number of aliphatic hydroxyl groups excluding tert-OH is 1. The largest absolute Gasteiger partial charge is 0.508 e. The number of carbonyl (C=O) groups excluding carboxylic acids is 1. The number of aromatic hydroxyl groups is 1. The zero-order valence-corrected chi connectivity index (χ0v) is 16.6. The molecule has 3 aliphatic rings. The average molecular weight is 389 g/mol. The molecule has 0 radical (unpaired) electrons. The predicted octanol–water partition coefficient (Wildman–Crippen LogP) is 1.79. The molecule has 3 aliphatic heterocycles. The van der Waals surface area contributed by atoms with E-state index in [9.17, 15) is 15.0 Å². The van der Waals surface area contributed by atoms with E-state index < -0.39 is 0 Å². The van der Waals surface area contributed by atoms with E-state index in [0.717, 1.165) is 64.0 Å². The van der Waals surface area contributed by atoms with Crippen molar-refractivity contribution in [1.82, 2.24) is 9.80 Å². The lowest BCUT2D eigenvalue weighted by Crippen LogP contribution is -2.44. The van der Waals surface area contributed by atoms with Crippen LogP contribution in [-0.2, 0) is 16.0 Å². The van der Waals surface area contributed by atoms with Gasteiger partial charge in [-0.25, -0.2) is 0 Å². The highest BCUT2D eigenvalue weighted by molar-refractivity contribution is 5.78. The quantitative estimate of drug-likeness (QED) is 0.805. The number of aliphatic hydroxyl groups is 1. The summed E-state index contributed by atoms with van der Waals surface area (Å²) in [5, 5.41) is 18.9. The highest BCUT2D eigenvalue weighted by atomic mass is 16.5. The summed E-state index contributed by atoms with van der Waals surface area (Å²) < 4.78 is 6.15. The molecule has 0 saturated carbocycles. The molecular weight excluding hydrogens is 356 g/mol. The van der Waals surface area contributed by atoms with Crippen LogP contribution < -0.4 is 0 Å². The van der Waals surface area contributed by atoms with Gasteiger partial charge in [-0.1, -0.05) is 12.1 Å². The first kappa shape index (κ1) is 19.7. The highest BCUT2D eigenvalue weighted by Gasteiger charge is 2.44. The fourth-order valence-electron chi connectivity index (χ4n) is 5.10. The minimum Gasteiger partial charge on any atom is -0.508 e. The van der Waals surface area contributed by atoms with Crippen LogP contribution in [0, 0.1) is 5.41 Å². The number of phenols is 1. The third kappa shape index (κ3) is 4.34. The number of hydrogen-bond acceptors (Lipinski definition) is 5. The van der Waals surface area contributed by atoms with E-state index in [0.29, 0.717) is 12.5 Å². The second kappa shape index (κ2) is 8.39. The van der Waals surface area contributed by atoms with Crippen LogP contribution in [0.25, 0.3) is 0 Å². The Morgan fingerprint density at radius 3 is 2.64 bits per heavy atom. The standard InChI is InChI=1S/C22H32N2O4/c25-15-18-2-1-9-24(18)14-20-13-22(16-28-20)7-10-23(11-8-22)21(27)12-17-3-5-19(26)6-4-17/h3-6,18,20,25-26H,1-2,7-16H2/t18-,20+/m0/s1. The molecule has 0 aliphatic carbocycles. The van der Waals surface area contributed by atoms with Gasteiger partial charge in [0.2, 0.25) is 5.91 Å². The van der Waals surface area contributed by atoms with Crippen LogP contribution in [0.15, 0.2) is 24.3 Å². The second-order valence-electron chi connectivity index (χ2n) is 8.83. The Morgan fingerprint density at radius 2 is 1.93 bits per heavy atom. The van der Waals surface area contributed by atoms with Crippen molar-refractivity contribution in [3.05, 3.63) is 29.8 Å². The Bertz CT molecular complexity index is 670. The molecule has 1 aromatic rings. The monoisotopic (exact) mass is 388 g/mol. The summed E-state index contributed by atoms with van der Waals surface area (Å²) in [5.41, 5.74) is 1.16. The Balaban J connectivity index is 1.25. The first-order valence-corrected chi connectivity index (χ1v) is 10.6. The Hall–Kier alpha value is -1.63. The number of carbonyl (C=O) groups is 1. The van der Waals surface area contributed by atoms with Gasteiger partial charge >= 0.3 is 0 Å². The third-order valence-electron chi connectivity index (χ3n) is 6.90. The molecule has 28 heavy (non-hydrogen) atoms. The molecule has 0 unspecified atom stereocenters. The molecule has 154 valence electrons. The van der Waals surface area contributed by atoms with Crippen molar-refractivity contribution in [1.29, 1.82) is 0 Å². The normalized spacial score (nSPS) is 27.5. The third-order valence-corrected chi connectivity index (χ3v) is 6.90. The number of hydrogen-bond donors (Lipinski definition) is 2. The number of piperidine rings is 1. The van der Waals surface area contributed by atoms with Gasteiger partial charge in [0.25, 0.3) is 0 Å². The fourth-order valence-corrected chi connectivity index (χ4v) is 5.10. The van der Waals surface area contributed by atoms with Crippen molar-refractivity contribution in [2.75, 3.05) is 39.4 Å². The number of ether oxygens (including phenoxy) is 1.